The lowest BCUT2D eigenvalue weighted by Crippen LogP contribution is -2.35. The first-order valence-electron chi connectivity index (χ1n) is 9.33. The highest BCUT2D eigenvalue weighted by molar-refractivity contribution is 7.92. The Morgan fingerprint density at radius 3 is 2.47 bits per heavy atom. The summed E-state index contributed by atoms with van der Waals surface area (Å²) in [6, 6.07) is 16.0. The Bertz CT molecular complexity index is 1210. The molecule has 1 heterocycles. The number of aryl methyl sites for hydroxylation is 1. The third-order valence-corrected chi connectivity index (χ3v) is 6.32. The summed E-state index contributed by atoms with van der Waals surface area (Å²) in [4.78, 5) is 13.9. The van der Waals surface area contributed by atoms with E-state index in [4.69, 9.17) is 0 Å². The average Bonchev–Trinajstić information content (AvgIpc) is 2.73. The van der Waals surface area contributed by atoms with E-state index in [1.165, 1.54) is 0 Å². The number of sulfonamides is 1. The SMILES string of the molecule is O=C(c1ccccc1)N1CCCc2ccc(NS(=O)(=O)c3ccc(F)cc3F)cc21. The lowest BCUT2D eigenvalue weighted by molar-refractivity contribution is 0.0985. The topological polar surface area (TPSA) is 66.5 Å². The number of hydrogen-bond acceptors (Lipinski definition) is 3. The van der Waals surface area contributed by atoms with Crippen molar-refractivity contribution in [2.75, 3.05) is 16.2 Å². The molecule has 3 aromatic rings. The van der Waals surface area contributed by atoms with Crippen molar-refractivity contribution in [2.24, 2.45) is 0 Å². The zero-order valence-electron chi connectivity index (χ0n) is 15.8. The van der Waals surface area contributed by atoms with Crippen molar-refractivity contribution in [3.63, 3.8) is 0 Å². The van der Waals surface area contributed by atoms with Crippen LogP contribution in [0.3, 0.4) is 0 Å². The fourth-order valence-electron chi connectivity index (χ4n) is 3.49. The number of fused-ring (bicyclic) bond motifs is 1. The zero-order chi connectivity index (χ0) is 21.3. The number of carbonyl (C=O) groups is 1. The smallest absolute Gasteiger partial charge is 0.264 e. The summed E-state index contributed by atoms with van der Waals surface area (Å²) < 4.78 is 54.6. The summed E-state index contributed by atoms with van der Waals surface area (Å²) in [7, 11) is -4.27. The maximum absolute atomic E-state index is 14.0. The first kappa shape index (κ1) is 20.0. The molecule has 154 valence electrons. The number of hydrogen-bond donors (Lipinski definition) is 1. The number of anilines is 2. The molecule has 1 aliphatic heterocycles. The zero-order valence-corrected chi connectivity index (χ0v) is 16.6. The highest BCUT2D eigenvalue weighted by atomic mass is 32.2. The van der Waals surface area contributed by atoms with Gasteiger partial charge < -0.3 is 4.90 Å². The first-order valence-corrected chi connectivity index (χ1v) is 10.8. The molecule has 4 rings (SSSR count). The molecule has 8 heteroatoms. The van der Waals surface area contributed by atoms with E-state index in [9.17, 15) is 22.0 Å². The summed E-state index contributed by atoms with van der Waals surface area (Å²) >= 11 is 0. The number of halogens is 2. The van der Waals surface area contributed by atoms with Gasteiger partial charge in [-0.2, -0.15) is 0 Å². The fraction of sp³-hybridized carbons (Fsp3) is 0.136. The van der Waals surface area contributed by atoms with Crippen molar-refractivity contribution >= 4 is 27.3 Å². The van der Waals surface area contributed by atoms with E-state index >= 15 is 0 Å². The molecule has 0 aromatic heterocycles. The number of nitrogens with one attached hydrogen (secondary N) is 1. The van der Waals surface area contributed by atoms with Crippen LogP contribution in [0.15, 0.2) is 71.6 Å². The third-order valence-electron chi connectivity index (χ3n) is 4.91. The molecule has 0 radical (unpaired) electrons. The minimum atomic E-state index is -4.27. The lowest BCUT2D eigenvalue weighted by Gasteiger charge is -2.30. The van der Waals surface area contributed by atoms with Gasteiger partial charge in [0.05, 0.1) is 5.69 Å². The molecule has 0 saturated heterocycles. The highest BCUT2D eigenvalue weighted by Gasteiger charge is 2.25. The Kier molecular flexibility index (Phi) is 5.26. The molecule has 0 unspecified atom stereocenters. The summed E-state index contributed by atoms with van der Waals surface area (Å²) in [6.45, 7) is 0.503. The summed E-state index contributed by atoms with van der Waals surface area (Å²) in [5.41, 5.74) is 2.24. The molecule has 0 fully saturated rings. The predicted molar refractivity (Wildman–Crippen MR) is 110 cm³/mol. The van der Waals surface area contributed by atoms with Crippen molar-refractivity contribution in [1.82, 2.24) is 0 Å². The van der Waals surface area contributed by atoms with Crippen molar-refractivity contribution in [2.45, 2.75) is 17.7 Å². The number of carbonyl (C=O) groups excluding carboxylic acids is 1. The second-order valence-electron chi connectivity index (χ2n) is 6.95. The fourth-order valence-corrected chi connectivity index (χ4v) is 4.60. The van der Waals surface area contributed by atoms with Crippen LogP contribution < -0.4 is 9.62 Å². The maximum Gasteiger partial charge on any atom is 0.264 e. The second kappa shape index (κ2) is 7.87. The van der Waals surface area contributed by atoms with Crippen LogP contribution in [0.5, 0.6) is 0 Å². The minimum Gasteiger partial charge on any atom is -0.308 e. The van der Waals surface area contributed by atoms with E-state index in [2.05, 4.69) is 4.72 Å². The normalized spacial score (nSPS) is 13.6. The lowest BCUT2D eigenvalue weighted by atomic mass is 10.00. The van der Waals surface area contributed by atoms with E-state index in [-0.39, 0.29) is 11.6 Å². The molecule has 30 heavy (non-hydrogen) atoms. The van der Waals surface area contributed by atoms with Crippen LogP contribution in [0.25, 0.3) is 0 Å². The largest absolute Gasteiger partial charge is 0.308 e. The van der Waals surface area contributed by atoms with Gasteiger partial charge in [0, 0.05) is 23.9 Å². The molecular weight excluding hydrogens is 410 g/mol. The molecule has 1 N–H and O–H groups in total. The van der Waals surface area contributed by atoms with Crippen molar-refractivity contribution in [3.8, 4) is 0 Å². The Morgan fingerprint density at radius 2 is 1.73 bits per heavy atom. The maximum atomic E-state index is 14.0. The molecule has 1 amide bonds. The average molecular weight is 428 g/mol. The molecule has 0 spiro atoms. The van der Waals surface area contributed by atoms with Crippen molar-refractivity contribution in [3.05, 3.63) is 89.5 Å². The summed E-state index contributed by atoms with van der Waals surface area (Å²) in [5, 5.41) is 0. The van der Waals surface area contributed by atoms with E-state index in [1.807, 2.05) is 6.07 Å². The first-order chi connectivity index (χ1) is 14.3. The van der Waals surface area contributed by atoms with Gasteiger partial charge in [-0.15, -0.1) is 0 Å². The van der Waals surface area contributed by atoms with Gasteiger partial charge in [-0.1, -0.05) is 24.3 Å². The third kappa shape index (κ3) is 3.91. The molecule has 3 aromatic carbocycles. The predicted octanol–water partition coefficient (Wildman–Crippen LogP) is 4.36. The Hall–Kier alpha value is -3.26. The standard InChI is InChI=1S/C22H18F2N2O3S/c23-17-9-11-21(19(24)13-17)30(28,29)25-18-10-8-15-7-4-12-26(20(15)14-18)22(27)16-5-2-1-3-6-16/h1-3,5-6,8-11,13-14,25H,4,7,12H2. The van der Waals surface area contributed by atoms with Crippen LogP contribution in [0.4, 0.5) is 20.2 Å². The van der Waals surface area contributed by atoms with Crippen LogP contribution >= 0.6 is 0 Å². The van der Waals surface area contributed by atoms with Crippen LogP contribution in [-0.4, -0.2) is 20.9 Å². The Labute approximate surface area is 173 Å². The van der Waals surface area contributed by atoms with Gasteiger partial charge in [0.25, 0.3) is 15.9 Å². The van der Waals surface area contributed by atoms with Crippen molar-refractivity contribution in [1.29, 1.82) is 0 Å². The highest BCUT2D eigenvalue weighted by Crippen LogP contribution is 2.32. The van der Waals surface area contributed by atoms with Crippen LogP contribution in [-0.2, 0) is 16.4 Å². The van der Waals surface area contributed by atoms with Gasteiger partial charge in [0.2, 0.25) is 0 Å². The minimum absolute atomic E-state index is 0.180. The molecule has 0 saturated carbocycles. The van der Waals surface area contributed by atoms with Gasteiger partial charge in [-0.3, -0.25) is 9.52 Å². The molecule has 5 nitrogen and oxygen atoms in total. The van der Waals surface area contributed by atoms with Gasteiger partial charge in [0.1, 0.15) is 16.5 Å². The van der Waals surface area contributed by atoms with E-state index < -0.39 is 26.6 Å². The Balaban J connectivity index is 1.67. The molecule has 1 aliphatic rings. The molecule has 0 bridgehead atoms. The molecule has 0 atom stereocenters. The number of rotatable bonds is 4. The quantitative estimate of drug-likeness (QED) is 0.672. The van der Waals surface area contributed by atoms with Crippen LogP contribution in [0.2, 0.25) is 0 Å². The van der Waals surface area contributed by atoms with Crippen LogP contribution in [0, 0.1) is 11.6 Å². The molecule has 0 aliphatic carbocycles. The monoisotopic (exact) mass is 428 g/mol. The summed E-state index contributed by atoms with van der Waals surface area (Å²) in [5.74, 6) is -2.22. The van der Waals surface area contributed by atoms with E-state index in [0.29, 0.717) is 23.9 Å². The number of benzene rings is 3. The second-order valence-corrected chi connectivity index (χ2v) is 8.60. The van der Waals surface area contributed by atoms with Gasteiger partial charge >= 0.3 is 0 Å². The van der Waals surface area contributed by atoms with Gasteiger partial charge in [-0.25, -0.2) is 17.2 Å². The van der Waals surface area contributed by atoms with Gasteiger partial charge in [-0.05, 0) is 54.8 Å². The number of amides is 1. The molecular formula is C22H18F2N2O3S. The number of nitrogens with zero attached hydrogens (tertiary/aromatic N) is 1. The van der Waals surface area contributed by atoms with E-state index in [1.54, 1.807) is 47.4 Å². The van der Waals surface area contributed by atoms with E-state index in [0.717, 1.165) is 30.5 Å². The van der Waals surface area contributed by atoms with Crippen molar-refractivity contribution < 1.29 is 22.0 Å². The van der Waals surface area contributed by atoms with Gasteiger partial charge in [0.15, 0.2) is 0 Å². The summed E-state index contributed by atoms with van der Waals surface area (Å²) in [6.07, 6.45) is 1.55. The Morgan fingerprint density at radius 1 is 0.967 bits per heavy atom. The van der Waals surface area contributed by atoms with Crippen LogP contribution in [0.1, 0.15) is 22.3 Å².